The molecule has 10 heavy (non-hydrogen) atoms. The van der Waals surface area contributed by atoms with Crippen LogP contribution in [0.25, 0.3) is 0 Å². The molecule has 0 spiro atoms. The molecule has 0 amide bonds. The zero-order valence-corrected chi connectivity index (χ0v) is 5.60. The van der Waals surface area contributed by atoms with Crippen LogP contribution in [0.15, 0.2) is 23.4 Å². The average molecular weight is 160 g/mol. The Morgan fingerprint density at radius 3 is 2.80 bits per heavy atom. The summed E-state index contributed by atoms with van der Waals surface area (Å²) in [6.07, 6.45) is 1.22. The molecule has 1 aromatic rings. The SMILES string of the molecule is O=S([O-])c1ncccc1F. The minimum Gasteiger partial charge on any atom is -0.767 e. The van der Waals surface area contributed by atoms with Crippen LogP contribution in [-0.2, 0) is 11.1 Å². The molecule has 0 aliphatic rings. The van der Waals surface area contributed by atoms with Gasteiger partial charge in [-0.3, -0.25) is 4.21 Å². The molecule has 3 nitrogen and oxygen atoms in total. The molecule has 0 bridgehead atoms. The molecule has 0 N–H and O–H groups in total. The lowest BCUT2D eigenvalue weighted by atomic mass is 10.5. The summed E-state index contributed by atoms with van der Waals surface area (Å²) in [5.41, 5.74) is 0. The summed E-state index contributed by atoms with van der Waals surface area (Å²) in [6.45, 7) is 0. The third-order valence-corrected chi connectivity index (χ3v) is 1.50. The van der Waals surface area contributed by atoms with Gasteiger partial charge in [-0.1, -0.05) is 0 Å². The monoisotopic (exact) mass is 160 g/mol. The van der Waals surface area contributed by atoms with Crippen molar-refractivity contribution in [1.29, 1.82) is 0 Å². The molecule has 0 aliphatic heterocycles. The van der Waals surface area contributed by atoms with E-state index in [0.717, 1.165) is 6.07 Å². The summed E-state index contributed by atoms with van der Waals surface area (Å²) >= 11 is -2.58. The molecule has 0 aromatic carbocycles. The fraction of sp³-hybridized carbons (Fsp3) is 0. The van der Waals surface area contributed by atoms with Crippen LogP contribution in [0.4, 0.5) is 4.39 Å². The van der Waals surface area contributed by atoms with Gasteiger partial charge in [-0.2, -0.15) is 0 Å². The molecular formula is C5H3FNO2S-. The highest BCUT2D eigenvalue weighted by atomic mass is 32.2. The summed E-state index contributed by atoms with van der Waals surface area (Å²) in [5.74, 6) is -0.823. The Hall–Kier alpha value is -0.810. The molecule has 0 fully saturated rings. The maximum atomic E-state index is 12.4. The second kappa shape index (κ2) is 2.85. The number of halogens is 1. The maximum Gasteiger partial charge on any atom is 0.156 e. The van der Waals surface area contributed by atoms with Crippen LogP contribution in [0.2, 0.25) is 0 Å². The largest absolute Gasteiger partial charge is 0.767 e. The average Bonchev–Trinajstić information content (AvgIpc) is 1.88. The van der Waals surface area contributed by atoms with E-state index in [1.807, 2.05) is 0 Å². The maximum absolute atomic E-state index is 12.4. The second-order valence-electron chi connectivity index (χ2n) is 1.53. The molecule has 0 saturated heterocycles. The van der Waals surface area contributed by atoms with Gasteiger partial charge in [0.1, 0.15) is 5.03 Å². The molecule has 0 aliphatic carbocycles. The number of hydrogen-bond donors (Lipinski definition) is 0. The van der Waals surface area contributed by atoms with E-state index in [1.54, 1.807) is 0 Å². The molecule has 0 radical (unpaired) electrons. The summed E-state index contributed by atoms with van der Waals surface area (Å²) in [7, 11) is 0. The van der Waals surface area contributed by atoms with Crippen LogP contribution in [0, 0.1) is 5.82 Å². The van der Waals surface area contributed by atoms with Gasteiger partial charge in [0.2, 0.25) is 0 Å². The Morgan fingerprint density at radius 2 is 2.40 bits per heavy atom. The lowest BCUT2D eigenvalue weighted by Gasteiger charge is -2.02. The minimum absolute atomic E-state index is 0.539. The molecule has 1 atom stereocenters. The Labute approximate surface area is 59.2 Å². The highest BCUT2D eigenvalue weighted by Gasteiger charge is 1.99. The van der Waals surface area contributed by atoms with E-state index >= 15 is 0 Å². The van der Waals surface area contributed by atoms with Gasteiger partial charge in [0.15, 0.2) is 5.82 Å². The Bertz CT molecular complexity index is 266. The van der Waals surface area contributed by atoms with Crippen LogP contribution in [0.3, 0.4) is 0 Å². The van der Waals surface area contributed by atoms with Gasteiger partial charge in [-0.05, 0) is 12.1 Å². The van der Waals surface area contributed by atoms with E-state index in [-0.39, 0.29) is 0 Å². The first-order valence-electron chi connectivity index (χ1n) is 2.41. The fourth-order valence-electron chi connectivity index (χ4n) is 0.494. The molecule has 0 saturated carbocycles. The first kappa shape index (κ1) is 7.30. The topological polar surface area (TPSA) is 53.0 Å². The van der Waals surface area contributed by atoms with Crippen LogP contribution in [-0.4, -0.2) is 13.7 Å². The molecule has 1 aromatic heterocycles. The van der Waals surface area contributed by atoms with E-state index in [4.69, 9.17) is 0 Å². The zero-order valence-electron chi connectivity index (χ0n) is 4.78. The number of aromatic nitrogens is 1. The van der Waals surface area contributed by atoms with Gasteiger partial charge in [0.05, 0.1) is 0 Å². The van der Waals surface area contributed by atoms with E-state index in [1.165, 1.54) is 12.3 Å². The van der Waals surface area contributed by atoms with Crippen molar-refractivity contribution in [3.05, 3.63) is 24.1 Å². The standard InChI is InChI=1S/C5H4FNO2S/c6-4-2-1-3-7-5(4)10(8)9/h1-3H,(H,8,9)/p-1. The van der Waals surface area contributed by atoms with Crippen molar-refractivity contribution < 1.29 is 13.2 Å². The first-order chi connectivity index (χ1) is 4.72. The highest BCUT2D eigenvalue weighted by Crippen LogP contribution is 2.04. The van der Waals surface area contributed by atoms with E-state index in [0.29, 0.717) is 0 Å². The summed E-state index contributed by atoms with van der Waals surface area (Å²) in [6, 6.07) is 2.36. The fourth-order valence-corrected chi connectivity index (χ4v) is 0.868. The summed E-state index contributed by atoms with van der Waals surface area (Å²) < 4.78 is 32.6. The van der Waals surface area contributed by atoms with Gasteiger partial charge in [0.25, 0.3) is 0 Å². The Balaban J connectivity index is 3.15. The molecule has 1 heterocycles. The normalized spacial score (nSPS) is 13.0. The van der Waals surface area contributed by atoms with E-state index < -0.39 is 21.9 Å². The molecule has 5 heteroatoms. The van der Waals surface area contributed by atoms with Crippen molar-refractivity contribution in [2.75, 3.05) is 0 Å². The van der Waals surface area contributed by atoms with Gasteiger partial charge in [-0.15, -0.1) is 0 Å². The predicted octanol–water partition coefficient (Wildman–Crippen LogP) is 0.459. The number of rotatable bonds is 1. The third kappa shape index (κ3) is 1.37. The summed E-state index contributed by atoms with van der Waals surface area (Å²) in [5, 5.41) is -0.539. The summed E-state index contributed by atoms with van der Waals surface area (Å²) in [4.78, 5) is 3.29. The van der Waals surface area contributed by atoms with Gasteiger partial charge >= 0.3 is 0 Å². The van der Waals surface area contributed by atoms with Crippen LogP contribution >= 0.6 is 0 Å². The van der Waals surface area contributed by atoms with Gasteiger partial charge in [0, 0.05) is 17.3 Å². The van der Waals surface area contributed by atoms with Crippen LogP contribution in [0.5, 0.6) is 0 Å². The third-order valence-electron chi connectivity index (χ3n) is 0.883. The van der Waals surface area contributed by atoms with Crippen molar-refractivity contribution in [3.63, 3.8) is 0 Å². The number of pyridine rings is 1. The molecule has 54 valence electrons. The van der Waals surface area contributed by atoms with E-state index in [9.17, 15) is 13.2 Å². The van der Waals surface area contributed by atoms with E-state index in [2.05, 4.69) is 4.98 Å². The minimum atomic E-state index is -2.58. The van der Waals surface area contributed by atoms with Crippen LogP contribution in [0.1, 0.15) is 0 Å². The van der Waals surface area contributed by atoms with Crippen molar-refractivity contribution >= 4 is 11.1 Å². The van der Waals surface area contributed by atoms with Gasteiger partial charge < -0.3 is 4.55 Å². The Kier molecular flexibility index (Phi) is 2.08. The Morgan fingerprint density at radius 1 is 1.70 bits per heavy atom. The van der Waals surface area contributed by atoms with Crippen molar-refractivity contribution in [2.45, 2.75) is 5.03 Å². The molecule has 1 unspecified atom stereocenters. The zero-order chi connectivity index (χ0) is 7.56. The number of nitrogens with zero attached hydrogens (tertiary/aromatic N) is 1. The lowest BCUT2D eigenvalue weighted by molar-refractivity contribution is 0.514. The smallest absolute Gasteiger partial charge is 0.156 e. The van der Waals surface area contributed by atoms with Crippen molar-refractivity contribution in [3.8, 4) is 0 Å². The first-order valence-corrected chi connectivity index (χ1v) is 3.49. The lowest BCUT2D eigenvalue weighted by Crippen LogP contribution is -1.96. The molecule has 1 rings (SSSR count). The predicted molar refractivity (Wildman–Crippen MR) is 31.4 cm³/mol. The highest BCUT2D eigenvalue weighted by molar-refractivity contribution is 7.79. The number of hydrogen-bond acceptors (Lipinski definition) is 3. The van der Waals surface area contributed by atoms with Crippen molar-refractivity contribution in [2.24, 2.45) is 0 Å². The molecular weight excluding hydrogens is 157 g/mol. The quantitative estimate of drug-likeness (QED) is 0.561. The van der Waals surface area contributed by atoms with Crippen LogP contribution < -0.4 is 0 Å². The van der Waals surface area contributed by atoms with Gasteiger partial charge in [-0.25, -0.2) is 9.37 Å². The van der Waals surface area contributed by atoms with Crippen molar-refractivity contribution in [1.82, 2.24) is 4.98 Å². The second-order valence-corrected chi connectivity index (χ2v) is 2.38.